The summed E-state index contributed by atoms with van der Waals surface area (Å²) in [6, 6.07) is 21.6. The van der Waals surface area contributed by atoms with Gasteiger partial charge in [0.25, 0.3) is 5.91 Å². The van der Waals surface area contributed by atoms with Crippen molar-refractivity contribution in [2.24, 2.45) is 5.10 Å². The molecule has 0 spiro atoms. The summed E-state index contributed by atoms with van der Waals surface area (Å²) in [5, 5.41) is 4.37. The molecule has 0 radical (unpaired) electrons. The molecule has 0 bridgehead atoms. The van der Waals surface area contributed by atoms with Crippen LogP contribution in [-0.4, -0.2) is 32.8 Å². The number of anilines is 1. The highest BCUT2D eigenvalue weighted by Gasteiger charge is 2.29. The van der Waals surface area contributed by atoms with Gasteiger partial charge in [-0.25, -0.2) is 13.8 Å². The Morgan fingerprint density at radius 2 is 1.59 bits per heavy atom. The van der Waals surface area contributed by atoms with Crippen LogP contribution in [0.15, 0.2) is 84.0 Å². The van der Waals surface area contributed by atoms with Crippen molar-refractivity contribution in [3.63, 3.8) is 0 Å². The van der Waals surface area contributed by atoms with E-state index in [0.29, 0.717) is 27.8 Å². The number of nitrogens with one attached hydrogen (secondary N) is 1. The molecule has 3 aromatic carbocycles. The van der Waals surface area contributed by atoms with Gasteiger partial charge in [0.05, 0.1) is 18.2 Å². The summed E-state index contributed by atoms with van der Waals surface area (Å²) in [4.78, 5) is 12.6. The summed E-state index contributed by atoms with van der Waals surface area (Å²) >= 11 is 6.05. The highest BCUT2D eigenvalue weighted by Crippen LogP contribution is 2.27. The van der Waals surface area contributed by atoms with Gasteiger partial charge in [0.1, 0.15) is 17.5 Å². The minimum Gasteiger partial charge on any atom is -0.457 e. The van der Waals surface area contributed by atoms with Gasteiger partial charge < -0.3 is 4.74 Å². The molecule has 7 nitrogen and oxygen atoms in total. The van der Waals surface area contributed by atoms with Gasteiger partial charge in [0, 0.05) is 10.6 Å². The lowest BCUT2D eigenvalue weighted by molar-refractivity contribution is -0.121. The van der Waals surface area contributed by atoms with Crippen LogP contribution >= 0.6 is 11.6 Å². The van der Waals surface area contributed by atoms with Gasteiger partial charge in [-0.3, -0.25) is 9.10 Å². The van der Waals surface area contributed by atoms with Crippen molar-refractivity contribution in [1.29, 1.82) is 0 Å². The van der Waals surface area contributed by atoms with Crippen LogP contribution < -0.4 is 14.5 Å². The minimum atomic E-state index is -3.76. The minimum absolute atomic E-state index is 0.325. The lowest BCUT2D eigenvalue weighted by Gasteiger charge is -2.27. The number of para-hydroxylation sites is 1. The molecule has 0 fully saturated rings. The molecule has 3 aromatic rings. The van der Waals surface area contributed by atoms with Crippen LogP contribution in [-0.2, 0) is 14.8 Å². The number of hydrogen-bond donors (Lipinski definition) is 1. The van der Waals surface area contributed by atoms with Crippen LogP contribution in [0.25, 0.3) is 0 Å². The summed E-state index contributed by atoms with van der Waals surface area (Å²) in [6.07, 6.45) is 2.44. The molecule has 32 heavy (non-hydrogen) atoms. The summed E-state index contributed by atoms with van der Waals surface area (Å²) in [5.74, 6) is 0.600. The van der Waals surface area contributed by atoms with E-state index in [0.717, 1.165) is 10.6 Å². The maximum Gasteiger partial charge on any atom is 0.263 e. The zero-order chi connectivity index (χ0) is 23.1. The van der Waals surface area contributed by atoms with Crippen molar-refractivity contribution in [3.8, 4) is 11.5 Å². The van der Waals surface area contributed by atoms with Crippen LogP contribution in [0.4, 0.5) is 5.69 Å². The summed E-state index contributed by atoms with van der Waals surface area (Å²) < 4.78 is 31.7. The highest BCUT2D eigenvalue weighted by molar-refractivity contribution is 7.92. The van der Waals surface area contributed by atoms with E-state index in [1.807, 2.05) is 30.3 Å². The fourth-order valence-electron chi connectivity index (χ4n) is 2.93. The third kappa shape index (κ3) is 6.09. The van der Waals surface area contributed by atoms with Crippen molar-refractivity contribution in [3.05, 3.63) is 89.4 Å². The van der Waals surface area contributed by atoms with E-state index >= 15 is 0 Å². The molecule has 0 unspecified atom stereocenters. The smallest absolute Gasteiger partial charge is 0.263 e. The molecule has 0 saturated carbocycles. The largest absolute Gasteiger partial charge is 0.457 e. The second-order valence-electron chi connectivity index (χ2n) is 6.90. The van der Waals surface area contributed by atoms with E-state index in [-0.39, 0.29) is 0 Å². The first-order chi connectivity index (χ1) is 15.3. The Kier molecular flexibility index (Phi) is 7.50. The van der Waals surface area contributed by atoms with Gasteiger partial charge in [-0.15, -0.1) is 0 Å². The zero-order valence-corrected chi connectivity index (χ0v) is 19.0. The number of hydrazone groups is 1. The SMILES string of the molecule is C[C@@H](C(=O)N/N=C\c1ccccc1Cl)N(c1ccc(Oc2ccccc2)cc1)S(C)(=O)=O. The van der Waals surface area contributed by atoms with Crippen LogP contribution in [0, 0.1) is 0 Å². The number of benzene rings is 3. The number of sulfonamides is 1. The van der Waals surface area contributed by atoms with Gasteiger partial charge in [0.2, 0.25) is 10.0 Å². The van der Waals surface area contributed by atoms with Crippen LogP contribution in [0.2, 0.25) is 5.02 Å². The predicted octanol–water partition coefficient (Wildman–Crippen LogP) is 4.44. The van der Waals surface area contributed by atoms with Gasteiger partial charge in [-0.1, -0.05) is 48.0 Å². The molecule has 0 aliphatic carbocycles. The van der Waals surface area contributed by atoms with E-state index in [2.05, 4.69) is 10.5 Å². The number of halogens is 1. The molecule has 0 aliphatic heterocycles. The van der Waals surface area contributed by atoms with Gasteiger partial charge in [-0.2, -0.15) is 5.10 Å². The Morgan fingerprint density at radius 1 is 1.00 bits per heavy atom. The average Bonchev–Trinajstić information content (AvgIpc) is 2.76. The fourth-order valence-corrected chi connectivity index (χ4v) is 4.29. The Labute approximate surface area is 192 Å². The molecule has 1 amide bonds. The maximum absolute atomic E-state index is 12.6. The third-order valence-electron chi connectivity index (χ3n) is 4.44. The third-order valence-corrected chi connectivity index (χ3v) is 6.03. The number of nitrogens with zero attached hydrogens (tertiary/aromatic N) is 2. The predicted molar refractivity (Wildman–Crippen MR) is 127 cm³/mol. The molecule has 1 atom stereocenters. The van der Waals surface area contributed by atoms with E-state index in [1.165, 1.54) is 13.1 Å². The van der Waals surface area contributed by atoms with Crippen molar-refractivity contribution in [2.45, 2.75) is 13.0 Å². The highest BCUT2D eigenvalue weighted by atomic mass is 35.5. The normalized spacial score (nSPS) is 12.3. The number of carbonyl (C=O) groups excluding carboxylic acids is 1. The van der Waals surface area contributed by atoms with E-state index in [9.17, 15) is 13.2 Å². The van der Waals surface area contributed by atoms with E-state index in [1.54, 1.807) is 48.5 Å². The Hall–Kier alpha value is -3.36. The van der Waals surface area contributed by atoms with Crippen LogP contribution in [0.1, 0.15) is 12.5 Å². The first-order valence-corrected chi connectivity index (χ1v) is 11.9. The lowest BCUT2D eigenvalue weighted by Crippen LogP contribution is -2.46. The van der Waals surface area contributed by atoms with Crippen LogP contribution in [0.3, 0.4) is 0 Å². The van der Waals surface area contributed by atoms with Crippen molar-refractivity contribution >= 4 is 39.4 Å². The van der Waals surface area contributed by atoms with Gasteiger partial charge >= 0.3 is 0 Å². The first-order valence-electron chi connectivity index (χ1n) is 9.65. The molecule has 0 heterocycles. The molecular formula is C23H22ClN3O4S. The molecule has 0 aliphatic rings. The number of ether oxygens (including phenoxy) is 1. The molecular weight excluding hydrogens is 450 g/mol. The number of hydrogen-bond acceptors (Lipinski definition) is 5. The first kappa shape index (κ1) is 23.3. The summed E-state index contributed by atoms with van der Waals surface area (Å²) in [6.45, 7) is 1.48. The number of carbonyl (C=O) groups is 1. The maximum atomic E-state index is 12.6. The average molecular weight is 472 g/mol. The summed E-state index contributed by atoms with van der Waals surface area (Å²) in [5.41, 5.74) is 3.31. The molecule has 0 saturated heterocycles. The zero-order valence-electron chi connectivity index (χ0n) is 17.5. The standard InChI is InChI=1S/C23H22ClN3O4S/c1-17(23(28)26-25-16-18-8-6-7-11-22(18)24)27(32(2,29)30)19-12-14-21(15-13-19)31-20-9-4-3-5-10-20/h3-17H,1-2H3,(H,26,28)/b25-16-/t17-/m0/s1. The molecule has 3 rings (SSSR count). The molecule has 166 valence electrons. The Morgan fingerprint density at radius 3 is 2.22 bits per heavy atom. The fraction of sp³-hybridized carbons (Fsp3) is 0.130. The second-order valence-corrected chi connectivity index (χ2v) is 9.17. The van der Waals surface area contributed by atoms with Gasteiger partial charge in [-0.05, 0) is 49.4 Å². The Balaban J connectivity index is 1.74. The van der Waals surface area contributed by atoms with Crippen LogP contribution in [0.5, 0.6) is 11.5 Å². The quantitative estimate of drug-likeness (QED) is 0.388. The number of amides is 1. The molecule has 0 aromatic heterocycles. The van der Waals surface area contributed by atoms with Crippen molar-refractivity contribution in [2.75, 3.05) is 10.6 Å². The monoisotopic (exact) mass is 471 g/mol. The number of rotatable bonds is 8. The summed E-state index contributed by atoms with van der Waals surface area (Å²) in [7, 11) is -3.76. The Bertz CT molecular complexity index is 1200. The molecule has 1 N–H and O–H groups in total. The van der Waals surface area contributed by atoms with Crippen molar-refractivity contribution < 1.29 is 17.9 Å². The molecule has 9 heteroatoms. The van der Waals surface area contributed by atoms with E-state index < -0.39 is 22.0 Å². The second kappa shape index (κ2) is 10.3. The van der Waals surface area contributed by atoms with Gasteiger partial charge in [0.15, 0.2) is 0 Å². The van der Waals surface area contributed by atoms with Crippen molar-refractivity contribution in [1.82, 2.24) is 5.43 Å². The topological polar surface area (TPSA) is 88.1 Å². The van der Waals surface area contributed by atoms with E-state index in [4.69, 9.17) is 16.3 Å². The lowest BCUT2D eigenvalue weighted by atomic mass is 10.2.